The van der Waals surface area contributed by atoms with Crippen LogP contribution in [0.25, 0.3) is 0 Å². The maximum absolute atomic E-state index is 13.3. The van der Waals surface area contributed by atoms with Crippen molar-refractivity contribution in [2.24, 2.45) is 0 Å². The van der Waals surface area contributed by atoms with Crippen LogP contribution in [0.1, 0.15) is 19.8 Å². The van der Waals surface area contributed by atoms with E-state index in [0.717, 1.165) is 12.8 Å². The minimum Gasteiger partial charge on any atom is -0.549 e. The largest absolute Gasteiger partial charge is 0.549 e. The molecule has 0 bridgehead atoms. The van der Waals surface area contributed by atoms with Gasteiger partial charge < -0.3 is 19.2 Å². The van der Waals surface area contributed by atoms with Crippen LogP contribution in [0, 0.1) is 0 Å². The fraction of sp³-hybridized carbons (Fsp3) is 0.500. The predicted octanol–water partition coefficient (Wildman–Crippen LogP) is 0.764. The zero-order valence-corrected chi connectivity index (χ0v) is 13.0. The van der Waals surface area contributed by atoms with Gasteiger partial charge in [-0.05, 0) is 44.0 Å². The number of carboxylic acid groups (broad SMARTS) is 1. The summed E-state index contributed by atoms with van der Waals surface area (Å²) in [7, 11) is -1.86. The number of rotatable bonds is 4. The molecule has 0 spiro atoms. The lowest BCUT2D eigenvalue weighted by Crippen LogP contribution is -2.42. The Hall–Kier alpha value is -1.36. The Morgan fingerprint density at radius 2 is 2.14 bits per heavy atom. The van der Waals surface area contributed by atoms with Gasteiger partial charge in [0.1, 0.15) is 5.75 Å². The summed E-state index contributed by atoms with van der Waals surface area (Å²) in [5.74, 6) is -0.624. The van der Waals surface area contributed by atoms with Gasteiger partial charge in [-0.2, -0.15) is 0 Å². The predicted molar refractivity (Wildman–Crippen MR) is 76.6 cm³/mol. The van der Waals surface area contributed by atoms with E-state index < -0.39 is 20.0 Å². The molecular weight excluding hydrogens is 293 g/mol. The van der Waals surface area contributed by atoms with Crippen LogP contribution in [-0.4, -0.2) is 36.9 Å². The van der Waals surface area contributed by atoms with Crippen molar-refractivity contribution < 1.29 is 23.7 Å². The van der Waals surface area contributed by atoms with Crippen molar-refractivity contribution in [3.05, 3.63) is 24.3 Å². The second kappa shape index (κ2) is 6.60. The van der Waals surface area contributed by atoms with Crippen molar-refractivity contribution in [3.8, 4) is 5.75 Å². The molecule has 1 aliphatic heterocycles. The summed E-state index contributed by atoms with van der Waals surface area (Å²) >= 11 is 0. The van der Waals surface area contributed by atoms with Gasteiger partial charge >= 0.3 is 7.52 Å². The van der Waals surface area contributed by atoms with Gasteiger partial charge in [0.2, 0.25) is 0 Å². The number of carbonyl (C=O) groups is 1. The Morgan fingerprint density at radius 1 is 1.48 bits per heavy atom. The second-order valence-electron chi connectivity index (χ2n) is 5.01. The fourth-order valence-electron chi connectivity index (χ4n) is 2.42. The molecule has 1 heterocycles. The first-order valence-electron chi connectivity index (χ1n) is 6.83. The van der Waals surface area contributed by atoms with Gasteiger partial charge in [-0.1, -0.05) is 0 Å². The van der Waals surface area contributed by atoms with Gasteiger partial charge in [-0.25, -0.2) is 4.67 Å². The highest BCUT2D eigenvalue weighted by Crippen LogP contribution is 2.53. The molecule has 7 heteroatoms. The van der Waals surface area contributed by atoms with Crippen LogP contribution in [0.4, 0.5) is 0 Å². The van der Waals surface area contributed by atoms with Crippen LogP contribution in [0.2, 0.25) is 0 Å². The number of aliphatic carboxylic acids is 1. The second-order valence-corrected chi connectivity index (χ2v) is 7.34. The highest BCUT2D eigenvalue weighted by molar-refractivity contribution is 7.64. The molecule has 0 saturated carbocycles. The van der Waals surface area contributed by atoms with Crippen molar-refractivity contribution in [1.82, 2.24) is 4.67 Å². The average Bonchev–Trinajstić information content (AvgIpc) is 2.61. The normalized spacial score (nSPS) is 27.0. The van der Waals surface area contributed by atoms with Crippen LogP contribution >= 0.6 is 7.52 Å². The quantitative estimate of drug-likeness (QED) is 0.764. The Kier molecular flexibility index (Phi) is 5.04. The van der Waals surface area contributed by atoms with E-state index in [4.69, 9.17) is 9.26 Å². The summed E-state index contributed by atoms with van der Waals surface area (Å²) in [6.07, 6.45) is 1.47. The first kappa shape index (κ1) is 16.0. The van der Waals surface area contributed by atoms with Gasteiger partial charge in [-0.15, -0.1) is 0 Å². The number of carbonyl (C=O) groups excluding carboxylic acids is 1. The minimum atomic E-state index is -3.40. The summed E-state index contributed by atoms with van der Waals surface area (Å²) in [5.41, 5.74) is 0. The van der Waals surface area contributed by atoms with Crippen LogP contribution in [0.3, 0.4) is 0 Å². The van der Waals surface area contributed by atoms with E-state index in [-0.39, 0.29) is 6.04 Å². The molecule has 0 N–H and O–H groups in total. The highest BCUT2D eigenvalue weighted by Gasteiger charge is 2.39. The number of hydrogen-bond donors (Lipinski definition) is 0. The summed E-state index contributed by atoms with van der Waals surface area (Å²) in [5, 5.41) is 11.5. The zero-order chi connectivity index (χ0) is 15.5. The fourth-order valence-corrected chi connectivity index (χ4v) is 4.86. The topological polar surface area (TPSA) is 78.9 Å². The van der Waals surface area contributed by atoms with Crippen LogP contribution < -0.4 is 15.1 Å². The number of ether oxygens (including phenoxy) is 1. The Morgan fingerprint density at radius 3 is 2.71 bits per heavy atom. The SMILES string of the molecule is COc1ccc(P2(=O)OCCCC(C)N2CC(=O)[O-])cc1. The van der Waals surface area contributed by atoms with Gasteiger partial charge in [0.15, 0.2) is 0 Å². The van der Waals surface area contributed by atoms with Crippen molar-refractivity contribution in [3.63, 3.8) is 0 Å². The third-order valence-electron chi connectivity index (χ3n) is 3.57. The van der Waals surface area contributed by atoms with E-state index in [1.54, 1.807) is 31.4 Å². The molecule has 116 valence electrons. The maximum atomic E-state index is 13.3. The van der Waals surface area contributed by atoms with Crippen molar-refractivity contribution in [1.29, 1.82) is 0 Å². The standard InChI is InChI=1S/C14H20NO5P/c1-11-4-3-9-20-21(18,15(11)10-14(16)17)13-7-5-12(19-2)6-8-13/h5-8,11H,3-4,9-10H2,1-2H3,(H,16,17)/p-1. The summed E-state index contributed by atoms with van der Waals surface area (Å²) in [4.78, 5) is 11.0. The van der Waals surface area contributed by atoms with Crippen molar-refractivity contribution >= 4 is 18.8 Å². The van der Waals surface area contributed by atoms with Crippen LogP contribution in [-0.2, 0) is 13.9 Å². The lowest BCUT2D eigenvalue weighted by atomic mass is 10.2. The molecule has 0 amide bonds. The van der Waals surface area contributed by atoms with E-state index in [0.29, 0.717) is 17.7 Å². The molecule has 2 rings (SSSR count). The molecule has 0 aromatic heterocycles. The molecule has 0 aliphatic carbocycles. The molecule has 1 fully saturated rings. The van der Waals surface area contributed by atoms with Crippen molar-refractivity contribution in [2.45, 2.75) is 25.8 Å². The number of hydrogen-bond acceptors (Lipinski definition) is 5. The molecule has 1 aliphatic rings. The first-order valence-corrected chi connectivity index (χ1v) is 8.41. The average molecular weight is 312 g/mol. The van der Waals surface area contributed by atoms with Gasteiger partial charge in [0.05, 0.1) is 25.0 Å². The molecule has 1 aromatic carbocycles. The minimum absolute atomic E-state index is 0.154. The van der Waals surface area contributed by atoms with E-state index in [1.165, 1.54) is 4.67 Å². The maximum Gasteiger partial charge on any atom is 0.302 e. The monoisotopic (exact) mass is 312 g/mol. The molecule has 1 saturated heterocycles. The van der Waals surface area contributed by atoms with Crippen LogP contribution in [0.5, 0.6) is 5.75 Å². The molecule has 2 unspecified atom stereocenters. The zero-order valence-electron chi connectivity index (χ0n) is 12.2. The Bertz CT molecular complexity index is 545. The van der Waals surface area contributed by atoms with E-state index >= 15 is 0 Å². The van der Waals surface area contributed by atoms with Gasteiger partial charge in [0, 0.05) is 12.6 Å². The number of benzene rings is 1. The lowest BCUT2D eigenvalue weighted by Gasteiger charge is -2.33. The van der Waals surface area contributed by atoms with Gasteiger partial charge in [0.25, 0.3) is 0 Å². The number of nitrogens with zero attached hydrogens (tertiary/aromatic N) is 1. The molecule has 0 radical (unpaired) electrons. The van der Waals surface area contributed by atoms with E-state index in [2.05, 4.69) is 0 Å². The van der Waals surface area contributed by atoms with Crippen LogP contribution in [0.15, 0.2) is 24.3 Å². The number of carboxylic acids is 1. The molecule has 21 heavy (non-hydrogen) atoms. The summed E-state index contributed by atoms with van der Waals surface area (Å²) in [6, 6.07) is 6.52. The molecule has 6 nitrogen and oxygen atoms in total. The summed E-state index contributed by atoms with van der Waals surface area (Å²) < 4.78 is 25.4. The summed E-state index contributed by atoms with van der Waals surface area (Å²) in [6.45, 7) is 1.79. The lowest BCUT2D eigenvalue weighted by molar-refractivity contribution is -0.305. The third kappa shape index (κ3) is 3.46. The third-order valence-corrected chi connectivity index (χ3v) is 6.26. The molecule has 1 aromatic rings. The number of methoxy groups -OCH3 is 1. The van der Waals surface area contributed by atoms with Crippen molar-refractivity contribution in [2.75, 3.05) is 20.3 Å². The molecular formula is C14H19NO5P-. The Labute approximate surface area is 124 Å². The molecule has 2 atom stereocenters. The van der Waals surface area contributed by atoms with E-state index in [1.807, 2.05) is 6.92 Å². The van der Waals surface area contributed by atoms with Gasteiger partial charge in [-0.3, -0.25) is 4.57 Å². The van der Waals surface area contributed by atoms with E-state index in [9.17, 15) is 14.5 Å². The smallest absolute Gasteiger partial charge is 0.302 e. The first-order chi connectivity index (χ1) is 9.97. The highest BCUT2D eigenvalue weighted by atomic mass is 31.2. The Balaban J connectivity index is 2.40.